The standard InChI is InChI=1S/C17H16N6/c1-22-6-8-23(9-7-22)17-16-15(19-4-5-20-16)13-10-12(11-18)2-3-14(13)21-17/h2-5,10H,6-9H2,1H3. The lowest BCUT2D eigenvalue weighted by molar-refractivity contribution is 0.312. The molecule has 114 valence electrons. The molecule has 0 atom stereocenters. The van der Waals surface area contributed by atoms with Gasteiger partial charge in [-0.3, -0.25) is 4.98 Å². The van der Waals surface area contributed by atoms with Crippen LogP contribution < -0.4 is 4.90 Å². The van der Waals surface area contributed by atoms with Crippen molar-refractivity contribution in [1.29, 1.82) is 5.26 Å². The largest absolute Gasteiger partial charge is 0.352 e. The predicted octanol–water partition coefficient (Wildman–Crippen LogP) is 1.80. The summed E-state index contributed by atoms with van der Waals surface area (Å²) in [6.07, 6.45) is 3.39. The molecule has 6 nitrogen and oxygen atoms in total. The van der Waals surface area contributed by atoms with Gasteiger partial charge in [0.1, 0.15) is 11.0 Å². The first-order valence-corrected chi connectivity index (χ1v) is 7.64. The minimum atomic E-state index is 0.610. The minimum absolute atomic E-state index is 0.610. The zero-order valence-electron chi connectivity index (χ0n) is 12.9. The van der Waals surface area contributed by atoms with Crippen molar-refractivity contribution < 1.29 is 0 Å². The molecule has 0 unspecified atom stereocenters. The monoisotopic (exact) mass is 304 g/mol. The molecule has 1 aliphatic heterocycles. The van der Waals surface area contributed by atoms with E-state index in [1.807, 2.05) is 12.1 Å². The van der Waals surface area contributed by atoms with Crippen molar-refractivity contribution >= 4 is 27.8 Å². The summed E-state index contributed by atoms with van der Waals surface area (Å²) in [6, 6.07) is 7.70. The molecule has 0 amide bonds. The molecule has 2 aromatic heterocycles. The number of piperazine rings is 1. The molecule has 1 fully saturated rings. The van der Waals surface area contributed by atoms with Gasteiger partial charge in [0.15, 0.2) is 5.82 Å². The summed E-state index contributed by atoms with van der Waals surface area (Å²) >= 11 is 0. The van der Waals surface area contributed by atoms with Crippen LogP contribution in [-0.2, 0) is 0 Å². The van der Waals surface area contributed by atoms with Crippen LogP contribution in [0.3, 0.4) is 0 Å². The van der Waals surface area contributed by atoms with Crippen LogP contribution in [0, 0.1) is 11.3 Å². The van der Waals surface area contributed by atoms with Gasteiger partial charge >= 0.3 is 0 Å². The Morgan fingerprint density at radius 1 is 1.04 bits per heavy atom. The molecule has 0 bridgehead atoms. The third-order valence-corrected chi connectivity index (χ3v) is 4.32. The zero-order chi connectivity index (χ0) is 15.8. The Labute approximate surface area is 134 Å². The molecule has 6 heteroatoms. The van der Waals surface area contributed by atoms with E-state index < -0.39 is 0 Å². The molecule has 0 N–H and O–H groups in total. The molecule has 0 saturated carbocycles. The number of benzene rings is 1. The van der Waals surface area contributed by atoms with Crippen LogP contribution in [0.25, 0.3) is 21.9 Å². The average molecular weight is 304 g/mol. The fraction of sp³-hybridized carbons (Fsp3) is 0.294. The number of hydrogen-bond acceptors (Lipinski definition) is 6. The van der Waals surface area contributed by atoms with Gasteiger partial charge in [0.05, 0.1) is 17.1 Å². The van der Waals surface area contributed by atoms with Crippen molar-refractivity contribution in [2.24, 2.45) is 0 Å². The van der Waals surface area contributed by atoms with Gasteiger partial charge in [0, 0.05) is 44.0 Å². The second kappa shape index (κ2) is 5.45. The second-order valence-electron chi connectivity index (χ2n) is 5.82. The normalized spacial score (nSPS) is 15.9. The van der Waals surface area contributed by atoms with E-state index in [1.54, 1.807) is 18.5 Å². The quantitative estimate of drug-likeness (QED) is 0.639. The Balaban J connectivity index is 1.95. The summed E-state index contributed by atoms with van der Waals surface area (Å²) in [5, 5.41) is 10.0. The Bertz CT molecular complexity index is 921. The fourth-order valence-electron chi connectivity index (χ4n) is 3.00. The molecule has 1 aliphatic rings. The van der Waals surface area contributed by atoms with Crippen LogP contribution in [0.2, 0.25) is 0 Å². The van der Waals surface area contributed by atoms with E-state index in [4.69, 9.17) is 10.2 Å². The highest BCUT2D eigenvalue weighted by atomic mass is 15.3. The number of rotatable bonds is 1. The SMILES string of the molecule is CN1CCN(c2nc3ccc(C#N)cc3c3nccnc23)CC1. The van der Waals surface area contributed by atoms with Gasteiger partial charge in [-0.2, -0.15) is 5.26 Å². The maximum atomic E-state index is 9.13. The average Bonchev–Trinajstić information content (AvgIpc) is 2.61. The highest BCUT2D eigenvalue weighted by Gasteiger charge is 2.20. The summed E-state index contributed by atoms with van der Waals surface area (Å²) in [5.74, 6) is 0.887. The minimum Gasteiger partial charge on any atom is -0.352 e. The summed E-state index contributed by atoms with van der Waals surface area (Å²) < 4.78 is 0. The Kier molecular flexibility index (Phi) is 3.28. The first kappa shape index (κ1) is 13.9. The number of likely N-dealkylation sites (N-methyl/N-ethyl adjacent to an activating group) is 1. The van der Waals surface area contributed by atoms with Crippen molar-refractivity contribution in [1.82, 2.24) is 19.9 Å². The van der Waals surface area contributed by atoms with Crippen LogP contribution in [-0.4, -0.2) is 53.1 Å². The smallest absolute Gasteiger partial charge is 0.157 e. The highest BCUT2D eigenvalue weighted by Crippen LogP contribution is 2.29. The number of aromatic nitrogens is 3. The van der Waals surface area contributed by atoms with Crippen molar-refractivity contribution in [3.63, 3.8) is 0 Å². The van der Waals surface area contributed by atoms with E-state index in [2.05, 4.69) is 32.9 Å². The summed E-state index contributed by atoms with van der Waals surface area (Å²) in [7, 11) is 2.13. The van der Waals surface area contributed by atoms with Crippen LogP contribution in [0.4, 0.5) is 5.82 Å². The molecule has 0 radical (unpaired) electrons. The maximum Gasteiger partial charge on any atom is 0.157 e. The van der Waals surface area contributed by atoms with Crippen LogP contribution in [0.5, 0.6) is 0 Å². The second-order valence-corrected chi connectivity index (χ2v) is 5.82. The maximum absolute atomic E-state index is 9.13. The summed E-state index contributed by atoms with van der Waals surface area (Å²) in [5.41, 5.74) is 3.08. The summed E-state index contributed by atoms with van der Waals surface area (Å²) in [4.78, 5) is 18.4. The van der Waals surface area contributed by atoms with Crippen LogP contribution in [0.15, 0.2) is 30.6 Å². The van der Waals surface area contributed by atoms with Gasteiger partial charge in [-0.15, -0.1) is 0 Å². The van der Waals surface area contributed by atoms with Gasteiger partial charge in [-0.25, -0.2) is 9.97 Å². The first-order chi connectivity index (χ1) is 11.3. The number of nitrogens with zero attached hydrogens (tertiary/aromatic N) is 6. The lowest BCUT2D eigenvalue weighted by atomic mass is 10.1. The summed E-state index contributed by atoms with van der Waals surface area (Å²) in [6.45, 7) is 3.87. The van der Waals surface area contributed by atoms with Crippen LogP contribution >= 0.6 is 0 Å². The molecule has 1 saturated heterocycles. The van der Waals surface area contributed by atoms with E-state index in [1.165, 1.54) is 0 Å². The van der Waals surface area contributed by atoms with E-state index in [0.29, 0.717) is 5.56 Å². The highest BCUT2D eigenvalue weighted by molar-refractivity contribution is 6.06. The lowest BCUT2D eigenvalue weighted by Crippen LogP contribution is -2.45. The number of fused-ring (bicyclic) bond motifs is 3. The Hall–Kier alpha value is -2.78. The zero-order valence-corrected chi connectivity index (χ0v) is 12.9. The third-order valence-electron chi connectivity index (χ3n) is 4.32. The topological polar surface area (TPSA) is 68.9 Å². The number of anilines is 1. The lowest BCUT2D eigenvalue weighted by Gasteiger charge is -2.33. The van der Waals surface area contributed by atoms with Gasteiger partial charge in [-0.05, 0) is 25.2 Å². The third kappa shape index (κ3) is 2.35. The van der Waals surface area contributed by atoms with E-state index in [9.17, 15) is 0 Å². The van der Waals surface area contributed by atoms with Gasteiger partial charge in [-0.1, -0.05) is 0 Å². The van der Waals surface area contributed by atoms with Gasteiger partial charge in [0.2, 0.25) is 0 Å². The molecule has 3 heterocycles. The van der Waals surface area contributed by atoms with Crippen molar-refractivity contribution in [2.45, 2.75) is 0 Å². The molecule has 0 aliphatic carbocycles. The van der Waals surface area contributed by atoms with Gasteiger partial charge in [0.25, 0.3) is 0 Å². The Morgan fingerprint density at radius 2 is 1.78 bits per heavy atom. The van der Waals surface area contributed by atoms with E-state index in [0.717, 1.165) is 53.9 Å². The number of pyridine rings is 1. The molecule has 0 spiro atoms. The predicted molar refractivity (Wildman–Crippen MR) is 89.3 cm³/mol. The molecular weight excluding hydrogens is 288 g/mol. The van der Waals surface area contributed by atoms with Crippen molar-refractivity contribution in [3.8, 4) is 6.07 Å². The van der Waals surface area contributed by atoms with Crippen molar-refractivity contribution in [3.05, 3.63) is 36.2 Å². The van der Waals surface area contributed by atoms with E-state index in [-0.39, 0.29) is 0 Å². The first-order valence-electron chi connectivity index (χ1n) is 7.64. The fourth-order valence-corrected chi connectivity index (χ4v) is 3.00. The van der Waals surface area contributed by atoms with Gasteiger partial charge < -0.3 is 9.80 Å². The molecule has 1 aromatic carbocycles. The Morgan fingerprint density at radius 3 is 2.52 bits per heavy atom. The molecule has 4 rings (SSSR count). The molecule has 23 heavy (non-hydrogen) atoms. The van der Waals surface area contributed by atoms with E-state index >= 15 is 0 Å². The van der Waals surface area contributed by atoms with Crippen molar-refractivity contribution in [2.75, 3.05) is 38.1 Å². The number of nitriles is 1. The number of hydrogen-bond donors (Lipinski definition) is 0. The molecule has 3 aromatic rings. The molecular formula is C17H16N6. The van der Waals surface area contributed by atoms with Crippen LogP contribution in [0.1, 0.15) is 5.56 Å².